The highest BCUT2D eigenvalue weighted by molar-refractivity contribution is 7.98. The Morgan fingerprint density at radius 3 is 1.31 bits per heavy atom. The summed E-state index contributed by atoms with van der Waals surface area (Å²) in [5.74, 6) is 0.497. The first-order chi connectivity index (χ1) is 16.8. The fourth-order valence-electron chi connectivity index (χ4n) is 3.80. The van der Waals surface area contributed by atoms with Crippen LogP contribution in [0.25, 0.3) is 0 Å². The zero-order valence-corrected chi connectivity index (χ0v) is 24.0. The van der Waals surface area contributed by atoms with Crippen LogP contribution in [0.15, 0.2) is 68.3 Å². The smallest absolute Gasteiger partial charge is 0.128 e. The lowest BCUT2D eigenvalue weighted by Crippen LogP contribution is -2.12. The monoisotopic (exact) mass is 520 g/mol. The summed E-state index contributed by atoms with van der Waals surface area (Å²) in [5, 5.41) is 21.9. The zero-order chi connectivity index (χ0) is 26.7. The number of rotatable bonds is 6. The average molecular weight is 521 g/mol. The highest BCUT2D eigenvalue weighted by atomic mass is 32.2. The van der Waals surface area contributed by atoms with Crippen LogP contribution in [0.1, 0.15) is 63.8 Å². The molecule has 0 aromatic heterocycles. The van der Waals surface area contributed by atoms with E-state index in [9.17, 15) is 10.2 Å². The quantitative estimate of drug-likeness (QED) is 0.252. The van der Waals surface area contributed by atoms with Crippen LogP contribution in [0.5, 0.6) is 11.5 Å². The Kier molecular flexibility index (Phi) is 8.63. The molecule has 3 aromatic rings. The van der Waals surface area contributed by atoms with Crippen LogP contribution in [0, 0.1) is 0 Å². The van der Waals surface area contributed by atoms with Gasteiger partial charge in [-0.25, -0.2) is 0 Å². The van der Waals surface area contributed by atoms with Gasteiger partial charge in [0.15, 0.2) is 0 Å². The summed E-state index contributed by atoms with van der Waals surface area (Å²) in [6, 6.07) is 15.6. The molecule has 36 heavy (non-hydrogen) atoms. The number of thioether (sulfide) groups is 2. The fraction of sp³-hybridized carbons (Fsp3) is 0.333. The van der Waals surface area contributed by atoms with Gasteiger partial charge >= 0.3 is 0 Å². The molecule has 0 saturated heterocycles. The number of hydrogen-bond donors (Lipinski definition) is 2. The Hall–Kier alpha value is -2.70. The maximum absolute atomic E-state index is 11.0. The molecule has 190 valence electrons. The lowest BCUT2D eigenvalue weighted by molar-refractivity contribution is 0.444. The zero-order valence-electron chi connectivity index (χ0n) is 22.4. The van der Waals surface area contributed by atoms with Crippen molar-refractivity contribution in [1.82, 2.24) is 0 Å². The van der Waals surface area contributed by atoms with Crippen molar-refractivity contribution in [3.8, 4) is 11.5 Å². The number of hydrogen-bond acceptors (Lipinski definition) is 6. The van der Waals surface area contributed by atoms with Crippen molar-refractivity contribution >= 4 is 47.3 Å². The minimum absolute atomic E-state index is 0.195. The number of para-hydroxylation sites is 2. The molecule has 0 bridgehead atoms. The Balaban J connectivity index is 2.02. The second-order valence-corrected chi connectivity index (χ2v) is 12.5. The summed E-state index contributed by atoms with van der Waals surface area (Å²) in [4.78, 5) is 11.5. The Bertz CT molecular complexity index is 1200. The van der Waals surface area contributed by atoms with Crippen LogP contribution >= 0.6 is 23.5 Å². The van der Waals surface area contributed by atoms with Crippen molar-refractivity contribution < 1.29 is 10.2 Å². The third-order valence-corrected chi connectivity index (χ3v) is 7.29. The van der Waals surface area contributed by atoms with Crippen molar-refractivity contribution in [2.45, 2.75) is 62.2 Å². The first-order valence-electron chi connectivity index (χ1n) is 11.8. The molecule has 2 N–H and O–H groups in total. The summed E-state index contributed by atoms with van der Waals surface area (Å²) in [7, 11) is 0. The molecule has 0 heterocycles. The SMILES string of the molecule is CSc1cc(C=Nc2ccccc2N=Cc2cc(SC)cc(C(C)(C)C)c2O)c(O)c(C(C)(C)C)c1. The van der Waals surface area contributed by atoms with Crippen molar-refractivity contribution in [2.75, 3.05) is 12.5 Å². The second-order valence-electron chi connectivity index (χ2n) is 10.7. The molecule has 3 aromatic carbocycles. The minimum atomic E-state index is -0.195. The molecule has 0 aliphatic heterocycles. The van der Waals surface area contributed by atoms with Crippen LogP contribution in [0.3, 0.4) is 0 Å². The van der Waals surface area contributed by atoms with E-state index in [2.05, 4.69) is 51.5 Å². The largest absolute Gasteiger partial charge is 0.507 e. The summed E-state index contributed by atoms with van der Waals surface area (Å²) in [6.07, 6.45) is 7.44. The van der Waals surface area contributed by atoms with Gasteiger partial charge in [-0.05, 0) is 59.7 Å². The number of aromatic hydroxyl groups is 2. The lowest BCUT2D eigenvalue weighted by Gasteiger charge is -2.22. The molecule has 0 aliphatic carbocycles. The van der Waals surface area contributed by atoms with Gasteiger partial charge < -0.3 is 10.2 Å². The number of aliphatic imine (C=N–C) groups is 2. The molecule has 0 unspecified atom stereocenters. The third-order valence-electron chi connectivity index (χ3n) is 5.88. The highest BCUT2D eigenvalue weighted by Crippen LogP contribution is 2.38. The highest BCUT2D eigenvalue weighted by Gasteiger charge is 2.22. The van der Waals surface area contributed by atoms with E-state index in [1.54, 1.807) is 36.0 Å². The van der Waals surface area contributed by atoms with Gasteiger partial charge in [0.1, 0.15) is 11.5 Å². The van der Waals surface area contributed by atoms with E-state index in [0.29, 0.717) is 22.5 Å². The van der Waals surface area contributed by atoms with Gasteiger partial charge in [0.25, 0.3) is 0 Å². The van der Waals surface area contributed by atoms with E-state index >= 15 is 0 Å². The fourth-order valence-corrected chi connectivity index (χ4v) is 4.76. The van der Waals surface area contributed by atoms with E-state index in [1.165, 1.54) is 0 Å². The Morgan fingerprint density at radius 2 is 1.00 bits per heavy atom. The molecule has 3 rings (SSSR count). The maximum atomic E-state index is 11.0. The van der Waals surface area contributed by atoms with Gasteiger partial charge in [-0.2, -0.15) is 0 Å². The number of phenolic OH excluding ortho intramolecular Hbond substituents is 2. The topological polar surface area (TPSA) is 65.2 Å². The van der Waals surface area contributed by atoms with Crippen LogP contribution in [-0.2, 0) is 10.8 Å². The van der Waals surface area contributed by atoms with Crippen molar-refractivity contribution in [3.05, 3.63) is 70.8 Å². The molecule has 0 fully saturated rings. The van der Waals surface area contributed by atoms with Crippen LogP contribution in [0.4, 0.5) is 11.4 Å². The van der Waals surface area contributed by atoms with Gasteiger partial charge in [0.2, 0.25) is 0 Å². The predicted octanol–water partition coefficient (Wildman–Crippen LogP) is 8.64. The van der Waals surface area contributed by atoms with Crippen LogP contribution < -0.4 is 0 Å². The molecule has 0 saturated carbocycles. The number of phenols is 2. The van der Waals surface area contributed by atoms with Gasteiger partial charge in [0, 0.05) is 44.5 Å². The van der Waals surface area contributed by atoms with Gasteiger partial charge in [-0.15, -0.1) is 23.5 Å². The third kappa shape index (κ3) is 6.54. The molecule has 0 spiro atoms. The van der Waals surface area contributed by atoms with E-state index < -0.39 is 0 Å². The molecule has 6 heteroatoms. The first-order valence-corrected chi connectivity index (χ1v) is 14.3. The van der Waals surface area contributed by atoms with Crippen molar-refractivity contribution in [1.29, 1.82) is 0 Å². The van der Waals surface area contributed by atoms with Gasteiger partial charge in [-0.3, -0.25) is 9.98 Å². The van der Waals surface area contributed by atoms with Crippen molar-refractivity contribution in [2.24, 2.45) is 9.98 Å². The molecular weight excluding hydrogens is 484 g/mol. The molecular formula is C30H36N2O2S2. The summed E-state index contributed by atoms with van der Waals surface area (Å²) < 4.78 is 0. The van der Waals surface area contributed by atoms with E-state index in [-0.39, 0.29) is 22.3 Å². The molecule has 0 aliphatic rings. The Labute approximate surface area is 224 Å². The predicted molar refractivity (Wildman–Crippen MR) is 158 cm³/mol. The van der Waals surface area contributed by atoms with Crippen LogP contribution in [0.2, 0.25) is 0 Å². The standard InChI is InChI=1S/C30H36N2O2S2/c1-29(2,3)23-15-21(35-7)13-19(27(23)33)17-31-25-11-9-10-12-26(25)32-18-20-14-22(36-8)16-24(28(20)34)30(4,5)6/h9-18,33-34H,1-8H3. The second kappa shape index (κ2) is 11.1. The molecule has 0 radical (unpaired) electrons. The number of benzene rings is 3. The van der Waals surface area contributed by atoms with Crippen molar-refractivity contribution in [3.63, 3.8) is 0 Å². The maximum Gasteiger partial charge on any atom is 0.128 e. The van der Waals surface area contributed by atoms with Gasteiger partial charge in [0.05, 0.1) is 11.4 Å². The first kappa shape index (κ1) is 27.9. The van der Waals surface area contributed by atoms with E-state index in [4.69, 9.17) is 0 Å². The van der Waals surface area contributed by atoms with E-state index in [0.717, 1.165) is 20.9 Å². The summed E-state index contributed by atoms with van der Waals surface area (Å²) in [6.45, 7) is 12.5. The van der Waals surface area contributed by atoms with Crippen LogP contribution in [-0.4, -0.2) is 35.2 Å². The average Bonchev–Trinajstić information content (AvgIpc) is 2.81. The Morgan fingerprint density at radius 1 is 0.639 bits per heavy atom. The van der Waals surface area contributed by atoms with E-state index in [1.807, 2.05) is 61.0 Å². The normalized spacial score (nSPS) is 12.7. The van der Waals surface area contributed by atoms with Gasteiger partial charge in [-0.1, -0.05) is 53.7 Å². The minimum Gasteiger partial charge on any atom is -0.507 e. The lowest BCUT2D eigenvalue weighted by atomic mass is 9.85. The number of nitrogens with zero attached hydrogens (tertiary/aromatic N) is 2. The summed E-state index contributed by atoms with van der Waals surface area (Å²) in [5.41, 5.74) is 4.09. The summed E-state index contributed by atoms with van der Waals surface area (Å²) >= 11 is 3.28. The molecule has 0 atom stereocenters. The molecule has 4 nitrogen and oxygen atoms in total. The molecule has 0 amide bonds.